The van der Waals surface area contributed by atoms with Crippen LogP contribution in [0.3, 0.4) is 0 Å². The van der Waals surface area contributed by atoms with Crippen molar-refractivity contribution in [2.75, 3.05) is 13.2 Å². The van der Waals surface area contributed by atoms with E-state index in [2.05, 4.69) is 15.6 Å². The number of nitrogens with zero attached hydrogens (tertiary/aromatic N) is 2. The molecule has 1 aliphatic heterocycles. The zero-order valence-electron chi connectivity index (χ0n) is 15.5. The molecular formula is C19H20N4O5. The molecule has 0 saturated heterocycles. The Morgan fingerprint density at radius 2 is 1.93 bits per heavy atom. The summed E-state index contributed by atoms with van der Waals surface area (Å²) >= 11 is 0. The number of nitrogens with one attached hydrogen (secondary N) is 2. The number of hydrogen-bond donors (Lipinski definition) is 2. The summed E-state index contributed by atoms with van der Waals surface area (Å²) in [5.74, 6) is -1.22. The summed E-state index contributed by atoms with van der Waals surface area (Å²) in [6.07, 6.45) is 2.89. The highest BCUT2D eigenvalue weighted by molar-refractivity contribution is 5.95. The van der Waals surface area contributed by atoms with Crippen molar-refractivity contribution >= 4 is 18.0 Å². The summed E-state index contributed by atoms with van der Waals surface area (Å²) in [6, 6.07) is 8.14. The molecule has 1 aromatic carbocycles. The van der Waals surface area contributed by atoms with Gasteiger partial charge in [0.25, 0.3) is 0 Å². The van der Waals surface area contributed by atoms with Gasteiger partial charge in [-0.1, -0.05) is 18.2 Å². The van der Waals surface area contributed by atoms with E-state index < -0.39 is 24.0 Å². The molecule has 1 atom stereocenters. The fraction of sp³-hybridized carbons (Fsp3) is 0.263. The third kappa shape index (κ3) is 4.03. The van der Waals surface area contributed by atoms with Gasteiger partial charge in [-0.3, -0.25) is 4.57 Å². The lowest BCUT2D eigenvalue weighted by molar-refractivity contribution is -0.139. The Bertz CT molecular complexity index is 919. The van der Waals surface area contributed by atoms with E-state index >= 15 is 0 Å². The second-order valence-corrected chi connectivity index (χ2v) is 5.99. The summed E-state index contributed by atoms with van der Waals surface area (Å²) in [7, 11) is 0. The summed E-state index contributed by atoms with van der Waals surface area (Å²) in [4.78, 5) is 40.5. The topological polar surface area (TPSA) is 112 Å². The minimum absolute atomic E-state index is 0.187. The monoisotopic (exact) mass is 384 g/mol. The van der Waals surface area contributed by atoms with Crippen LogP contribution in [0.25, 0.3) is 5.69 Å². The molecule has 0 unspecified atom stereocenters. The first-order valence-electron chi connectivity index (χ1n) is 8.73. The SMILES string of the molecule is CCOC(=O)C1=C(COC(=O)c2cncn2-c2ccccc2)NC(=O)N[C@H]1C. The van der Waals surface area contributed by atoms with Crippen molar-refractivity contribution in [3.05, 3.63) is 59.8 Å². The van der Waals surface area contributed by atoms with Gasteiger partial charge in [-0.15, -0.1) is 0 Å². The number of carbonyl (C=O) groups is 3. The van der Waals surface area contributed by atoms with Crippen LogP contribution in [-0.4, -0.2) is 46.8 Å². The molecule has 146 valence electrons. The minimum Gasteiger partial charge on any atom is -0.463 e. The van der Waals surface area contributed by atoms with Gasteiger partial charge in [-0.05, 0) is 26.0 Å². The predicted octanol–water partition coefficient (Wildman–Crippen LogP) is 1.55. The number of carbonyl (C=O) groups excluding carboxylic acids is 3. The standard InChI is InChI=1S/C19H20N4O5/c1-3-27-18(25)16-12(2)21-19(26)22-14(16)10-28-17(24)15-9-20-11-23(15)13-7-5-4-6-8-13/h4-9,11-12H,3,10H2,1-2H3,(H2,21,22,26)/t12-/m0/s1. The maximum atomic E-state index is 12.6. The molecule has 2 amide bonds. The molecule has 3 rings (SSSR count). The minimum atomic E-state index is -0.641. The molecule has 2 heterocycles. The van der Waals surface area contributed by atoms with E-state index in [9.17, 15) is 14.4 Å². The van der Waals surface area contributed by atoms with Gasteiger partial charge in [0.2, 0.25) is 0 Å². The first-order valence-corrected chi connectivity index (χ1v) is 8.73. The quantitative estimate of drug-likeness (QED) is 0.731. The highest BCUT2D eigenvalue weighted by Gasteiger charge is 2.30. The van der Waals surface area contributed by atoms with Crippen molar-refractivity contribution in [3.8, 4) is 5.69 Å². The molecule has 9 heteroatoms. The molecule has 0 saturated carbocycles. The number of esters is 2. The second kappa shape index (κ2) is 8.38. The lowest BCUT2D eigenvalue weighted by Gasteiger charge is -2.26. The normalized spacial score (nSPS) is 16.2. The van der Waals surface area contributed by atoms with Crippen LogP contribution in [0.1, 0.15) is 24.3 Å². The number of amides is 2. The Morgan fingerprint density at radius 3 is 2.64 bits per heavy atom. The van der Waals surface area contributed by atoms with Crippen LogP contribution >= 0.6 is 0 Å². The molecule has 0 spiro atoms. The van der Waals surface area contributed by atoms with Crippen molar-refractivity contribution in [1.82, 2.24) is 20.2 Å². The van der Waals surface area contributed by atoms with Crippen LogP contribution in [0.15, 0.2) is 54.1 Å². The van der Waals surface area contributed by atoms with Gasteiger partial charge in [0, 0.05) is 5.69 Å². The third-order valence-corrected chi connectivity index (χ3v) is 4.10. The lowest BCUT2D eigenvalue weighted by Crippen LogP contribution is -2.50. The summed E-state index contributed by atoms with van der Waals surface area (Å²) in [6.45, 7) is 3.23. The maximum Gasteiger partial charge on any atom is 0.357 e. The average molecular weight is 384 g/mol. The largest absolute Gasteiger partial charge is 0.463 e. The predicted molar refractivity (Wildman–Crippen MR) is 98.6 cm³/mol. The van der Waals surface area contributed by atoms with Gasteiger partial charge >= 0.3 is 18.0 Å². The molecule has 0 fully saturated rings. The highest BCUT2D eigenvalue weighted by Crippen LogP contribution is 2.16. The van der Waals surface area contributed by atoms with E-state index in [1.807, 2.05) is 30.3 Å². The van der Waals surface area contributed by atoms with Gasteiger partial charge in [-0.25, -0.2) is 19.4 Å². The molecule has 9 nitrogen and oxygen atoms in total. The zero-order valence-corrected chi connectivity index (χ0v) is 15.5. The van der Waals surface area contributed by atoms with Crippen molar-refractivity contribution in [1.29, 1.82) is 0 Å². The number of urea groups is 1. The van der Waals surface area contributed by atoms with Gasteiger partial charge in [0.05, 0.1) is 36.4 Å². The van der Waals surface area contributed by atoms with E-state index in [0.29, 0.717) is 0 Å². The van der Waals surface area contributed by atoms with Crippen molar-refractivity contribution in [2.45, 2.75) is 19.9 Å². The third-order valence-electron chi connectivity index (χ3n) is 4.10. The smallest absolute Gasteiger partial charge is 0.357 e. The van der Waals surface area contributed by atoms with Crippen LogP contribution in [0.4, 0.5) is 4.79 Å². The Hall–Kier alpha value is -3.62. The molecule has 1 aliphatic rings. The van der Waals surface area contributed by atoms with Gasteiger partial charge in [-0.2, -0.15) is 0 Å². The summed E-state index contributed by atoms with van der Waals surface area (Å²) < 4.78 is 12.0. The number of hydrogen-bond acceptors (Lipinski definition) is 6. The average Bonchev–Trinajstić information content (AvgIpc) is 3.16. The van der Waals surface area contributed by atoms with E-state index in [-0.39, 0.29) is 30.2 Å². The van der Waals surface area contributed by atoms with Crippen LogP contribution in [0, 0.1) is 0 Å². The Morgan fingerprint density at radius 1 is 1.18 bits per heavy atom. The zero-order chi connectivity index (χ0) is 20.1. The van der Waals surface area contributed by atoms with E-state index in [4.69, 9.17) is 9.47 Å². The Labute approximate surface area is 161 Å². The van der Waals surface area contributed by atoms with Crippen molar-refractivity contribution < 1.29 is 23.9 Å². The Kier molecular flexibility index (Phi) is 5.73. The van der Waals surface area contributed by atoms with Gasteiger partial charge < -0.3 is 20.1 Å². The molecule has 2 N–H and O–H groups in total. The molecule has 0 bridgehead atoms. The lowest BCUT2D eigenvalue weighted by atomic mass is 10.0. The van der Waals surface area contributed by atoms with Crippen molar-refractivity contribution in [2.24, 2.45) is 0 Å². The fourth-order valence-electron chi connectivity index (χ4n) is 2.85. The first kappa shape index (κ1) is 19.2. The van der Waals surface area contributed by atoms with Crippen LogP contribution in [0.5, 0.6) is 0 Å². The summed E-state index contributed by atoms with van der Waals surface area (Å²) in [5, 5.41) is 5.09. The van der Waals surface area contributed by atoms with E-state index in [0.717, 1.165) is 5.69 Å². The molecule has 2 aromatic rings. The van der Waals surface area contributed by atoms with E-state index in [1.54, 1.807) is 18.4 Å². The highest BCUT2D eigenvalue weighted by atomic mass is 16.5. The summed E-state index contributed by atoms with van der Waals surface area (Å²) in [5.41, 5.74) is 1.37. The molecule has 0 aliphatic carbocycles. The number of aromatic nitrogens is 2. The van der Waals surface area contributed by atoms with Crippen LogP contribution in [-0.2, 0) is 14.3 Å². The molecular weight excluding hydrogens is 364 g/mol. The van der Waals surface area contributed by atoms with E-state index in [1.165, 1.54) is 12.5 Å². The van der Waals surface area contributed by atoms with Crippen molar-refractivity contribution in [3.63, 3.8) is 0 Å². The van der Waals surface area contributed by atoms with Gasteiger partial charge in [0.15, 0.2) is 5.69 Å². The maximum absolute atomic E-state index is 12.6. The Balaban J connectivity index is 1.80. The first-order chi connectivity index (χ1) is 13.5. The molecule has 0 radical (unpaired) electrons. The van der Waals surface area contributed by atoms with Crippen LogP contribution < -0.4 is 10.6 Å². The molecule has 1 aromatic heterocycles. The van der Waals surface area contributed by atoms with Gasteiger partial charge in [0.1, 0.15) is 6.61 Å². The number of imidazole rings is 1. The number of para-hydroxylation sites is 1. The second-order valence-electron chi connectivity index (χ2n) is 5.99. The fourth-order valence-corrected chi connectivity index (χ4v) is 2.85. The molecule has 28 heavy (non-hydrogen) atoms. The number of benzene rings is 1. The van der Waals surface area contributed by atoms with Crippen LogP contribution in [0.2, 0.25) is 0 Å². The number of ether oxygens (including phenoxy) is 2. The number of rotatable bonds is 6.